The number of nitrogens with one attached hydrogen (secondary N) is 2. The molecular weight excluding hydrogens is 419 g/mol. The number of carbonyl (C=O) groups excluding carboxylic acids is 1. The zero-order chi connectivity index (χ0) is 16.9. The average Bonchev–Trinajstić information content (AvgIpc) is 2.48. The molecule has 1 spiro atoms. The van der Waals surface area contributed by atoms with Crippen LogP contribution < -0.4 is 10.6 Å². The van der Waals surface area contributed by atoms with Crippen LogP contribution >= 0.6 is 24.0 Å². The first-order valence-corrected chi connectivity index (χ1v) is 8.43. The number of nitrogens with zero attached hydrogens (tertiary/aromatic N) is 2. The molecule has 1 saturated heterocycles. The SMILES string of the molecule is C=C(C)CNC(=NCC(=O)N(C)C)NC1CCOC2(CCC2)C1.I. The molecule has 2 fully saturated rings. The van der Waals surface area contributed by atoms with E-state index in [1.165, 1.54) is 6.42 Å². The van der Waals surface area contributed by atoms with Crippen molar-refractivity contribution < 1.29 is 9.53 Å². The van der Waals surface area contributed by atoms with Crippen LogP contribution in [0.1, 0.15) is 39.0 Å². The lowest BCUT2D eigenvalue weighted by Gasteiger charge is -2.47. The Bertz CT molecular complexity index is 475. The summed E-state index contributed by atoms with van der Waals surface area (Å²) < 4.78 is 5.97. The first-order chi connectivity index (χ1) is 10.9. The third-order valence-electron chi connectivity index (χ3n) is 4.53. The Morgan fingerprint density at radius 3 is 2.67 bits per heavy atom. The number of hydrogen-bond donors (Lipinski definition) is 2. The summed E-state index contributed by atoms with van der Waals surface area (Å²) in [7, 11) is 3.48. The number of halogens is 1. The molecule has 0 radical (unpaired) electrons. The van der Waals surface area contributed by atoms with E-state index in [2.05, 4.69) is 22.2 Å². The van der Waals surface area contributed by atoms with Gasteiger partial charge >= 0.3 is 0 Å². The number of guanidine groups is 1. The zero-order valence-corrected chi connectivity index (χ0v) is 17.4. The van der Waals surface area contributed by atoms with Crippen LogP contribution in [0, 0.1) is 0 Å². The summed E-state index contributed by atoms with van der Waals surface area (Å²) in [4.78, 5) is 17.7. The topological polar surface area (TPSA) is 66.0 Å². The highest BCUT2D eigenvalue weighted by molar-refractivity contribution is 14.0. The highest BCUT2D eigenvalue weighted by atomic mass is 127. The van der Waals surface area contributed by atoms with E-state index in [0.717, 1.165) is 37.9 Å². The van der Waals surface area contributed by atoms with Crippen LogP contribution in [-0.2, 0) is 9.53 Å². The molecule has 1 heterocycles. The summed E-state index contributed by atoms with van der Waals surface area (Å²) >= 11 is 0. The van der Waals surface area contributed by atoms with Gasteiger partial charge in [-0.25, -0.2) is 4.99 Å². The second-order valence-electron chi connectivity index (χ2n) is 6.98. The van der Waals surface area contributed by atoms with Gasteiger partial charge in [-0.1, -0.05) is 12.2 Å². The van der Waals surface area contributed by atoms with E-state index in [-0.39, 0.29) is 42.0 Å². The largest absolute Gasteiger partial charge is 0.375 e. The zero-order valence-electron chi connectivity index (χ0n) is 15.1. The molecule has 6 nitrogen and oxygen atoms in total. The maximum Gasteiger partial charge on any atom is 0.243 e. The fourth-order valence-electron chi connectivity index (χ4n) is 2.94. The standard InChI is InChI=1S/C17H30N4O2.HI/c1-13(2)11-18-16(19-12-15(22)21(3)4)20-14-6-9-23-17(10-14)7-5-8-17;/h14H,1,5-12H2,2-4H3,(H2,18,19,20);1H. The molecule has 0 bridgehead atoms. The van der Waals surface area contributed by atoms with E-state index < -0.39 is 0 Å². The summed E-state index contributed by atoms with van der Waals surface area (Å²) in [5, 5.41) is 6.73. The minimum absolute atomic E-state index is 0. The molecule has 24 heavy (non-hydrogen) atoms. The Morgan fingerprint density at radius 1 is 1.42 bits per heavy atom. The average molecular weight is 450 g/mol. The second-order valence-corrected chi connectivity index (χ2v) is 6.98. The number of likely N-dealkylation sites (N-methyl/N-ethyl adjacent to an activating group) is 1. The van der Waals surface area contributed by atoms with Gasteiger partial charge in [-0.15, -0.1) is 24.0 Å². The van der Waals surface area contributed by atoms with Crippen LogP contribution in [0.25, 0.3) is 0 Å². The van der Waals surface area contributed by atoms with Crippen LogP contribution in [0.15, 0.2) is 17.1 Å². The maximum atomic E-state index is 11.8. The van der Waals surface area contributed by atoms with Crippen molar-refractivity contribution in [2.24, 2.45) is 4.99 Å². The minimum atomic E-state index is -0.0103. The first-order valence-electron chi connectivity index (χ1n) is 8.43. The van der Waals surface area contributed by atoms with Crippen molar-refractivity contribution in [2.45, 2.75) is 50.7 Å². The number of amides is 1. The third-order valence-corrected chi connectivity index (χ3v) is 4.53. The molecule has 138 valence electrons. The molecule has 0 aromatic rings. The van der Waals surface area contributed by atoms with Gasteiger partial charge in [-0.2, -0.15) is 0 Å². The van der Waals surface area contributed by atoms with Gasteiger partial charge in [-0.05, 0) is 39.0 Å². The molecule has 1 amide bonds. The van der Waals surface area contributed by atoms with Crippen molar-refractivity contribution in [1.82, 2.24) is 15.5 Å². The smallest absolute Gasteiger partial charge is 0.243 e. The van der Waals surface area contributed by atoms with Gasteiger partial charge in [0.2, 0.25) is 5.91 Å². The van der Waals surface area contributed by atoms with Crippen molar-refractivity contribution in [3.05, 3.63) is 12.2 Å². The van der Waals surface area contributed by atoms with E-state index in [4.69, 9.17) is 4.74 Å². The Balaban J connectivity index is 0.00000288. The Kier molecular flexibility index (Phi) is 8.49. The number of aliphatic imine (C=N–C) groups is 1. The molecule has 7 heteroatoms. The van der Waals surface area contributed by atoms with Crippen LogP contribution in [0.2, 0.25) is 0 Å². The number of carbonyl (C=O) groups is 1. The highest BCUT2D eigenvalue weighted by Gasteiger charge is 2.42. The molecule has 2 N–H and O–H groups in total. The fraction of sp³-hybridized carbons (Fsp3) is 0.765. The number of hydrogen-bond acceptors (Lipinski definition) is 3. The lowest BCUT2D eigenvalue weighted by molar-refractivity contribution is -0.134. The van der Waals surface area contributed by atoms with E-state index in [9.17, 15) is 4.79 Å². The van der Waals surface area contributed by atoms with Crippen LogP contribution in [0.3, 0.4) is 0 Å². The van der Waals surface area contributed by atoms with E-state index in [1.54, 1.807) is 19.0 Å². The molecule has 0 aromatic carbocycles. The molecule has 1 atom stereocenters. The van der Waals surface area contributed by atoms with Crippen LogP contribution in [0.5, 0.6) is 0 Å². The van der Waals surface area contributed by atoms with Gasteiger partial charge in [-0.3, -0.25) is 4.79 Å². The van der Waals surface area contributed by atoms with Gasteiger partial charge in [0.1, 0.15) is 6.54 Å². The molecule has 1 aliphatic heterocycles. The number of rotatable bonds is 5. The van der Waals surface area contributed by atoms with Crippen molar-refractivity contribution in [3.8, 4) is 0 Å². The summed E-state index contributed by atoms with van der Waals surface area (Å²) in [6, 6.07) is 0.342. The van der Waals surface area contributed by atoms with Crippen molar-refractivity contribution in [2.75, 3.05) is 33.8 Å². The predicted molar refractivity (Wildman–Crippen MR) is 108 cm³/mol. The summed E-state index contributed by atoms with van der Waals surface area (Å²) in [6.07, 6.45) is 5.57. The molecule has 0 aromatic heterocycles. The molecule has 2 rings (SSSR count). The highest BCUT2D eigenvalue weighted by Crippen LogP contribution is 2.42. The molecule has 2 aliphatic rings. The lowest BCUT2D eigenvalue weighted by atomic mass is 9.74. The Labute approximate surface area is 162 Å². The van der Waals surface area contributed by atoms with E-state index in [0.29, 0.717) is 18.5 Å². The van der Waals surface area contributed by atoms with Gasteiger partial charge in [0.05, 0.1) is 5.60 Å². The molecular formula is C17H31IN4O2. The Morgan fingerprint density at radius 2 is 2.12 bits per heavy atom. The quantitative estimate of drug-likeness (QED) is 0.291. The van der Waals surface area contributed by atoms with Crippen molar-refractivity contribution in [1.29, 1.82) is 0 Å². The van der Waals surface area contributed by atoms with Gasteiger partial charge in [0.25, 0.3) is 0 Å². The normalized spacial score (nSPS) is 22.1. The predicted octanol–water partition coefficient (Wildman–Crippen LogP) is 1.91. The van der Waals surface area contributed by atoms with Crippen LogP contribution in [0.4, 0.5) is 0 Å². The van der Waals surface area contributed by atoms with Crippen LogP contribution in [-0.4, -0.2) is 62.2 Å². The molecule has 1 saturated carbocycles. The van der Waals surface area contributed by atoms with Crippen molar-refractivity contribution in [3.63, 3.8) is 0 Å². The number of ether oxygens (including phenoxy) is 1. The third kappa shape index (κ3) is 6.23. The van der Waals surface area contributed by atoms with Gasteiger partial charge in [0.15, 0.2) is 5.96 Å². The lowest BCUT2D eigenvalue weighted by Crippen LogP contribution is -2.54. The summed E-state index contributed by atoms with van der Waals surface area (Å²) in [6.45, 7) is 7.46. The first kappa shape index (κ1) is 21.2. The maximum absolute atomic E-state index is 11.8. The molecule has 1 aliphatic carbocycles. The Hall–Kier alpha value is -0.830. The van der Waals surface area contributed by atoms with Crippen molar-refractivity contribution >= 4 is 35.8 Å². The monoisotopic (exact) mass is 450 g/mol. The van der Waals surface area contributed by atoms with Gasteiger partial charge in [0, 0.05) is 33.3 Å². The second kappa shape index (κ2) is 9.60. The molecule has 1 unspecified atom stereocenters. The summed E-state index contributed by atoms with van der Waals surface area (Å²) in [5.74, 6) is 0.674. The summed E-state index contributed by atoms with van der Waals surface area (Å²) in [5.41, 5.74) is 1.12. The fourth-order valence-corrected chi connectivity index (χ4v) is 2.94. The van der Waals surface area contributed by atoms with E-state index in [1.807, 2.05) is 6.92 Å². The van der Waals surface area contributed by atoms with Gasteiger partial charge < -0.3 is 20.3 Å². The van der Waals surface area contributed by atoms with E-state index >= 15 is 0 Å². The minimum Gasteiger partial charge on any atom is -0.375 e.